The predicted molar refractivity (Wildman–Crippen MR) is 107 cm³/mol. The molecule has 0 spiro atoms. The van der Waals surface area contributed by atoms with Gasteiger partial charge in [0, 0.05) is 40.8 Å². The molecule has 0 radical (unpaired) electrons. The Morgan fingerprint density at radius 1 is 1.07 bits per heavy atom. The molecule has 0 bridgehead atoms. The van der Waals surface area contributed by atoms with E-state index < -0.39 is 0 Å². The zero-order chi connectivity index (χ0) is 18.9. The van der Waals surface area contributed by atoms with Crippen molar-refractivity contribution >= 4 is 29.0 Å². The molecule has 4 aromatic rings. The van der Waals surface area contributed by atoms with E-state index in [1.165, 1.54) is 0 Å². The molecule has 8 heteroatoms. The van der Waals surface area contributed by atoms with Gasteiger partial charge >= 0.3 is 0 Å². The van der Waals surface area contributed by atoms with Gasteiger partial charge in [0.05, 0.1) is 0 Å². The lowest BCUT2D eigenvalue weighted by Gasteiger charge is -2.18. The third-order valence-electron chi connectivity index (χ3n) is 4.77. The summed E-state index contributed by atoms with van der Waals surface area (Å²) in [5.74, 6) is 1.06. The van der Waals surface area contributed by atoms with Crippen molar-refractivity contribution in [3.63, 3.8) is 0 Å². The van der Waals surface area contributed by atoms with Gasteiger partial charge in [-0.3, -0.25) is 4.40 Å². The zero-order valence-electron chi connectivity index (χ0n) is 14.9. The molecule has 3 aromatic heterocycles. The van der Waals surface area contributed by atoms with Crippen molar-refractivity contribution in [3.8, 4) is 11.3 Å². The maximum absolute atomic E-state index is 6.26. The van der Waals surface area contributed by atoms with Gasteiger partial charge in [0.2, 0.25) is 0 Å². The molecule has 6 nitrogen and oxygen atoms in total. The van der Waals surface area contributed by atoms with Crippen LogP contribution in [0, 0.1) is 0 Å². The van der Waals surface area contributed by atoms with E-state index in [0.717, 1.165) is 58.8 Å². The van der Waals surface area contributed by atoms with Crippen LogP contribution < -0.4 is 0 Å². The monoisotopic (exact) mass is 412 g/mol. The second kappa shape index (κ2) is 7.58. The summed E-state index contributed by atoms with van der Waals surface area (Å²) in [6.45, 7) is 1.49. The largest absolute Gasteiger partial charge is 0.433 e. The highest BCUT2D eigenvalue weighted by atomic mass is 35.5. The Labute approximate surface area is 170 Å². The SMILES string of the molecule is Clc1ccc(Sc2oc(C3CCOCC3)nc2-c2ccc3nncn3c2)cc1. The molecule has 142 valence electrons. The first-order valence-electron chi connectivity index (χ1n) is 9.08. The summed E-state index contributed by atoms with van der Waals surface area (Å²) in [6, 6.07) is 11.7. The first-order chi connectivity index (χ1) is 13.8. The first kappa shape index (κ1) is 17.7. The summed E-state index contributed by atoms with van der Waals surface area (Å²) in [5.41, 5.74) is 2.59. The van der Waals surface area contributed by atoms with Crippen LogP contribution in [0.2, 0.25) is 5.02 Å². The van der Waals surface area contributed by atoms with Crippen LogP contribution in [0.15, 0.2) is 63.3 Å². The summed E-state index contributed by atoms with van der Waals surface area (Å²) in [7, 11) is 0. The molecule has 1 aliphatic heterocycles. The summed E-state index contributed by atoms with van der Waals surface area (Å²) in [5, 5.41) is 9.50. The van der Waals surface area contributed by atoms with Crippen molar-refractivity contribution in [2.24, 2.45) is 0 Å². The van der Waals surface area contributed by atoms with Crippen LogP contribution in [0.5, 0.6) is 0 Å². The molecule has 0 N–H and O–H groups in total. The number of benzene rings is 1. The Morgan fingerprint density at radius 2 is 1.89 bits per heavy atom. The van der Waals surface area contributed by atoms with Gasteiger partial charge in [-0.05, 0) is 61.0 Å². The van der Waals surface area contributed by atoms with E-state index >= 15 is 0 Å². The van der Waals surface area contributed by atoms with Crippen LogP contribution in [-0.4, -0.2) is 32.8 Å². The second-order valence-electron chi connectivity index (χ2n) is 6.64. The maximum Gasteiger partial charge on any atom is 0.199 e. The van der Waals surface area contributed by atoms with E-state index in [2.05, 4.69) is 10.2 Å². The number of aromatic nitrogens is 4. The van der Waals surface area contributed by atoms with Gasteiger partial charge in [-0.15, -0.1) is 10.2 Å². The molecule has 1 aliphatic rings. The standard InChI is InChI=1S/C20H17ClN4O2S/c21-15-2-4-16(5-3-15)28-20-18(14-1-6-17-24-22-12-25(17)11-14)23-19(27-20)13-7-9-26-10-8-13/h1-6,11-13H,7-10H2. The lowest BCUT2D eigenvalue weighted by Crippen LogP contribution is -2.14. The van der Waals surface area contributed by atoms with E-state index in [1.807, 2.05) is 47.0 Å². The Bertz CT molecular complexity index is 1100. The highest BCUT2D eigenvalue weighted by Gasteiger charge is 2.25. The molecule has 4 heterocycles. The predicted octanol–water partition coefficient (Wildman–Crippen LogP) is 5.08. The van der Waals surface area contributed by atoms with Crippen LogP contribution in [0.3, 0.4) is 0 Å². The van der Waals surface area contributed by atoms with Gasteiger partial charge in [-0.1, -0.05) is 11.6 Å². The van der Waals surface area contributed by atoms with Gasteiger partial charge in [-0.2, -0.15) is 0 Å². The molecular formula is C20H17ClN4O2S. The maximum atomic E-state index is 6.26. The van der Waals surface area contributed by atoms with Gasteiger partial charge in [-0.25, -0.2) is 4.98 Å². The van der Waals surface area contributed by atoms with Crippen LogP contribution in [0.1, 0.15) is 24.7 Å². The number of halogens is 1. The van der Waals surface area contributed by atoms with E-state index in [0.29, 0.717) is 5.02 Å². The van der Waals surface area contributed by atoms with E-state index in [-0.39, 0.29) is 5.92 Å². The van der Waals surface area contributed by atoms with Gasteiger partial charge in [0.1, 0.15) is 12.0 Å². The van der Waals surface area contributed by atoms with Crippen LogP contribution in [0.4, 0.5) is 0 Å². The Balaban J connectivity index is 1.56. The summed E-state index contributed by atoms with van der Waals surface area (Å²) >= 11 is 7.57. The summed E-state index contributed by atoms with van der Waals surface area (Å²) < 4.78 is 13.6. The molecule has 1 fully saturated rings. The van der Waals surface area contributed by atoms with Gasteiger partial charge in [0.25, 0.3) is 0 Å². The minimum Gasteiger partial charge on any atom is -0.433 e. The van der Waals surface area contributed by atoms with Crippen molar-refractivity contribution in [3.05, 3.63) is 59.8 Å². The van der Waals surface area contributed by atoms with Crippen LogP contribution >= 0.6 is 23.4 Å². The van der Waals surface area contributed by atoms with E-state index in [1.54, 1.807) is 18.1 Å². The highest BCUT2D eigenvalue weighted by molar-refractivity contribution is 7.99. The van der Waals surface area contributed by atoms with Crippen molar-refractivity contribution < 1.29 is 9.15 Å². The quantitative estimate of drug-likeness (QED) is 0.465. The summed E-state index contributed by atoms with van der Waals surface area (Å²) in [4.78, 5) is 5.93. The fourth-order valence-electron chi connectivity index (χ4n) is 3.27. The van der Waals surface area contributed by atoms with Crippen molar-refractivity contribution in [1.29, 1.82) is 0 Å². The molecule has 0 aliphatic carbocycles. The number of rotatable bonds is 4. The number of pyridine rings is 1. The lowest BCUT2D eigenvalue weighted by molar-refractivity contribution is 0.0786. The number of hydrogen-bond donors (Lipinski definition) is 0. The molecule has 28 heavy (non-hydrogen) atoms. The minimum absolute atomic E-state index is 0.283. The molecular weight excluding hydrogens is 396 g/mol. The Hall–Kier alpha value is -2.35. The van der Waals surface area contributed by atoms with Gasteiger partial charge in [0.15, 0.2) is 16.6 Å². The molecule has 5 rings (SSSR count). The Morgan fingerprint density at radius 3 is 2.71 bits per heavy atom. The molecule has 0 atom stereocenters. The Kier molecular flexibility index (Phi) is 4.80. The van der Waals surface area contributed by atoms with Crippen molar-refractivity contribution in [2.45, 2.75) is 28.7 Å². The van der Waals surface area contributed by atoms with E-state index in [9.17, 15) is 0 Å². The molecule has 0 saturated carbocycles. The summed E-state index contributed by atoms with van der Waals surface area (Å²) in [6.07, 6.45) is 5.52. The number of oxazole rings is 1. The van der Waals surface area contributed by atoms with Crippen LogP contribution in [-0.2, 0) is 4.74 Å². The lowest BCUT2D eigenvalue weighted by atomic mass is 10.0. The smallest absolute Gasteiger partial charge is 0.199 e. The third-order valence-corrected chi connectivity index (χ3v) is 5.99. The number of ether oxygens (including phenoxy) is 1. The highest BCUT2D eigenvalue weighted by Crippen LogP contribution is 2.39. The molecule has 0 unspecified atom stereocenters. The number of fused-ring (bicyclic) bond motifs is 1. The molecule has 0 amide bonds. The third kappa shape index (κ3) is 3.53. The first-order valence-corrected chi connectivity index (χ1v) is 10.3. The van der Waals surface area contributed by atoms with E-state index in [4.69, 9.17) is 25.7 Å². The number of nitrogens with zero attached hydrogens (tertiary/aromatic N) is 4. The number of hydrogen-bond acceptors (Lipinski definition) is 6. The fraction of sp³-hybridized carbons (Fsp3) is 0.250. The average molecular weight is 413 g/mol. The minimum atomic E-state index is 0.283. The van der Waals surface area contributed by atoms with Crippen molar-refractivity contribution in [1.82, 2.24) is 19.6 Å². The second-order valence-corrected chi connectivity index (χ2v) is 8.13. The normalized spacial score (nSPS) is 15.3. The topological polar surface area (TPSA) is 65.5 Å². The van der Waals surface area contributed by atoms with Crippen molar-refractivity contribution in [2.75, 3.05) is 13.2 Å². The molecule has 1 saturated heterocycles. The average Bonchev–Trinajstić information content (AvgIpc) is 3.37. The van der Waals surface area contributed by atoms with Crippen LogP contribution in [0.25, 0.3) is 16.9 Å². The molecule has 1 aromatic carbocycles. The van der Waals surface area contributed by atoms with Gasteiger partial charge < -0.3 is 9.15 Å². The zero-order valence-corrected chi connectivity index (χ0v) is 16.5. The fourth-order valence-corrected chi connectivity index (χ4v) is 4.27.